The van der Waals surface area contributed by atoms with E-state index in [4.69, 9.17) is 0 Å². The smallest absolute Gasteiger partial charge is 0.263 e. The van der Waals surface area contributed by atoms with Gasteiger partial charge < -0.3 is 15.1 Å². The molecular weight excluding hydrogens is 442 g/mol. The molecule has 7 nitrogen and oxygen atoms in total. The number of amides is 1. The summed E-state index contributed by atoms with van der Waals surface area (Å²) in [7, 11) is 2.13. The van der Waals surface area contributed by atoms with E-state index in [1.807, 2.05) is 47.2 Å². The number of benzene rings is 1. The van der Waals surface area contributed by atoms with Crippen LogP contribution in [0.3, 0.4) is 0 Å². The number of carbonyl (C=O) groups is 1. The standard InChI is InChI=1S/C23H23N5O2S2/c1-26-8-10-27(11-9-26)17-6-4-16(5-7-17)25-20(29)13-28-15-24-22-21(23(28)30)18(14-32-22)19-3-2-12-31-19/h2-7,12,14-15H,8-11,13H2,1H3,(H,25,29). The minimum absolute atomic E-state index is 0.0816. The van der Waals surface area contributed by atoms with Crippen LogP contribution in [0.25, 0.3) is 20.7 Å². The van der Waals surface area contributed by atoms with Gasteiger partial charge in [-0.05, 0) is 42.8 Å². The second kappa shape index (κ2) is 8.85. The summed E-state index contributed by atoms with van der Waals surface area (Å²) in [6.45, 7) is 4.00. The van der Waals surface area contributed by atoms with Crippen molar-refractivity contribution in [1.29, 1.82) is 0 Å². The second-order valence-corrected chi connectivity index (χ2v) is 9.68. The molecule has 0 aliphatic carbocycles. The number of hydrogen-bond acceptors (Lipinski definition) is 7. The van der Waals surface area contributed by atoms with Crippen LogP contribution < -0.4 is 15.8 Å². The largest absolute Gasteiger partial charge is 0.369 e. The molecule has 1 fully saturated rings. The van der Waals surface area contributed by atoms with E-state index in [0.29, 0.717) is 15.9 Å². The zero-order valence-electron chi connectivity index (χ0n) is 17.7. The fourth-order valence-electron chi connectivity index (χ4n) is 3.87. The third-order valence-corrected chi connectivity index (χ3v) is 7.47. The summed E-state index contributed by atoms with van der Waals surface area (Å²) in [5.74, 6) is -0.256. The van der Waals surface area contributed by atoms with Crippen LogP contribution in [-0.4, -0.2) is 53.6 Å². The van der Waals surface area contributed by atoms with Crippen LogP contribution in [0.1, 0.15) is 0 Å². The number of carbonyl (C=O) groups excluding carboxylic acids is 1. The molecule has 0 saturated carbocycles. The average Bonchev–Trinajstić information content (AvgIpc) is 3.47. The summed E-state index contributed by atoms with van der Waals surface area (Å²) in [5, 5.41) is 7.40. The second-order valence-electron chi connectivity index (χ2n) is 7.87. The van der Waals surface area contributed by atoms with Crippen LogP contribution in [-0.2, 0) is 11.3 Å². The van der Waals surface area contributed by atoms with Crippen molar-refractivity contribution < 1.29 is 4.79 Å². The molecule has 4 heterocycles. The summed E-state index contributed by atoms with van der Waals surface area (Å²) in [6.07, 6.45) is 1.45. The molecule has 0 spiro atoms. The monoisotopic (exact) mass is 465 g/mol. The summed E-state index contributed by atoms with van der Waals surface area (Å²) in [5.41, 5.74) is 2.55. The molecule has 1 aromatic carbocycles. The van der Waals surface area contributed by atoms with Gasteiger partial charge in [-0.15, -0.1) is 22.7 Å². The normalized spacial score (nSPS) is 14.7. The van der Waals surface area contributed by atoms with Gasteiger partial charge >= 0.3 is 0 Å². The fourth-order valence-corrected chi connectivity index (χ4v) is 5.59. The van der Waals surface area contributed by atoms with Crippen molar-refractivity contribution >= 4 is 50.2 Å². The van der Waals surface area contributed by atoms with Crippen LogP contribution in [0.4, 0.5) is 11.4 Å². The van der Waals surface area contributed by atoms with Crippen molar-refractivity contribution in [3.8, 4) is 10.4 Å². The quantitative estimate of drug-likeness (QED) is 0.488. The first-order valence-corrected chi connectivity index (χ1v) is 12.2. The van der Waals surface area contributed by atoms with Crippen molar-refractivity contribution in [2.75, 3.05) is 43.4 Å². The molecule has 1 aliphatic heterocycles. The SMILES string of the molecule is CN1CCN(c2ccc(NC(=O)Cn3cnc4scc(-c5cccs5)c4c3=O)cc2)CC1. The van der Waals surface area contributed by atoms with Crippen molar-refractivity contribution in [3.63, 3.8) is 0 Å². The van der Waals surface area contributed by atoms with E-state index in [9.17, 15) is 9.59 Å². The number of hydrogen-bond donors (Lipinski definition) is 1. The maximum Gasteiger partial charge on any atom is 0.263 e. The summed E-state index contributed by atoms with van der Waals surface area (Å²) >= 11 is 3.03. The fraction of sp³-hybridized carbons (Fsp3) is 0.261. The Kier molecular flexibility index (Phi) is 5.77. The van der Waals surface area contributed by atoms with E-state index in [2.05, 4.69) is 27.1 Å². The van der Waals surface area contributed by atoms with Crippen LogP contribution >= 0.6 is 22.7 Å². The van der Waals surface area contributed by atoms with Gasteiger partial charge in [0, 0.05) is 53.4 Å². The highest BCUT2D eigenvalue weighted by Gasteiger charge is 2.16. The maximum absolute atomic E-state index is 13.1. The molecule has 3 aromatic heterocycles. The summed E-state index contributed by atoms with van der Waals surface area (Å²) in [4.78, 5) is 36.5. The van der Waals surface area contributed by atoms with Crippen molar-refractivity contribution in [1.82, 2.24) is 14.5 Å². The Balaban J connectivity index is 1.29. The first kappa shape index (κ1) is 20.9. The molecule has 0 unspecified atom stereocenters. The zero-order chi connectivity index (χ0) is 22.1. The first-order valence-electron chi connectivity index (χ1n) is 10.4. The van der Waals surface area contributed by atoms with Gasteiger partial charge in [-0.2, -0.15) is 0 Å². The molecule has 1 aliphatic rings. The number of likely N-dealkylation sites (N-methyl/N-ethyl adjacent to an activating group) is 1. The van der Waals surface area contributed by atoms with E-state index >= 15 is 0 Å². The molecular formula is C23H23N5O2S2. The van der Waals surface area contributed by atoms with Crippen molar-refractivity contribution in [3.05, 3.63) is 63.8 Å². The number of nitrogens with one attached hydrogen (secondary N) is 1. The van der Waals surface area contributed by atoms with Crippen LogP contribution in [0.2, 0.25) is 0 Å². The number of fused-ring (bicyclic) bond motifs is 1. The van der Waals surface area contributed by atoms with Gasteiger partial charge in [0.2, 0.25) is 5.91 Å². The van der Waals surface area contributed by atoms with E-state index in [-0.39, 0.29) is 18.0 Å². The number of thiophene rings is 2. The van der Waals surface area contributed by atoms with E-state index < -0.39 is 0 Å². The average molecular weight is 466 g/mol. The highest BCUT2D eigenvalue weighted by atomic mass is 32.1. The predicted molar refractivity (Wildman–Crippen MR) is 132 cm³/mol. The minimum Gasteiger partial charge on any atom is -0.369 e. The molecule has 4 aromatic rings. The van der Waals surface area contributed by atoms with Gasteiger partial charge in [0.05, 0.1) is 11.7 Å². The molecule has 32 heavy (non-hydrogen) atoms. The Morgan fingerprint density at radius 3 is 2.59 bits per heavy atom. The van der Waals surface area contributed by atoms with Gasteiger partial charge in [-0.3, -0.25) is 14.2 Å². The highest BCUT2D eigenvalue weighted by Crippen LogP contribution is 2.33. The summed E-state index contributed by atoms with van der Waals surface area (Å²) < 4.78 is 1.38. The number of aromatic nitrogens is 2. The number of anilines is 2. The lowest BCUT2D eigenvalue weighted by Gasteiger charge is -2.34. The topological polar surface area (TPSA) is 70.5 Å². The lowest BCUT2D eigenvalue weighted by atomic mass is 10.2. The Labute approximate surface area is 193 Å². The zero-order valence-corrected chi connectivity index (χ0v) is 19.3. The third-order valence-electron chi connectivity index (χ3n) is 5.68. The number of piperazine rings is 1. The molecule has 1 amide bonds. The molecule has 1 N–H and O–H groups in total. The van der Waals surface area contributed by atoms with E-state index in [1.54, 1.807) is 11.3 Å². The van der Waals surface area contributed by atoms with Gasteiger partial charge in [0.15, 0.2) is 0 Å². The highest BCUT2D eigenvalue weighted by molar-refractivity contribution is 7.18. The molecule has 164 valence electrons. The Bertz CT molecular complexity index is 1290. The van der Waals surface area contributed by atoms with Crippen LogP contribution in [0.5, 0.6) is 0 Å². The molecule has 5 rings (SSSR count). The minimum atomic E-state index is -0.256. The molecule has 0 atom stereocenters. The molecule has 0 bridgehead atoms. The first-order chi connectivity index (χ1) is 15.6. The Morgan fingerprint density at radius 2 is 1.88 bits per heavy atom. The van der Waals surface area contributed by atoms with Crippen molar-refractivity contribution in [2.45, 2.75) is 6.54 Å². The lowest BCUT2D eigenvalue weighted by molar-refractivity contribution is -0.116. The molecule has 1 saturated heterocycles. The molecule has 9 heteroatoms. The van der Waals surface area contributed by atoms with E-state index in [0.717, 1.165) is 42.3 Å². The van der Waals surface area contributed by atoms with Gasteiger partial charge in [-0.1, -0.05) is 6.07 Å². The predicted octanol–water partition coefficient (Wildman–Crippen LogP) is 3.58. The van der Waals surface area contributed by atoms with Crippen LogP contribution in [0, 0.1) is 0 Å². The number of rotatable bonds is 5. The maximum atomic E-state index is 13.1. The lowest BCUT2D eigenvalue weighted by Crippen LogP contribution is -2.44. The van der Waals surface area contributed by atoms with Gasteiger partial charge in [-0.25, -0.2) is 4.98 Å². The van der Waals surface area contributed by atoms with Gasteiger partial charge in [0.1, 0.15) is 11.4 Å². The van der Waals surface area contributed by atoms with Crippen LogP contribution in [0.15, 0.2) is 58.3 Å². The van der Waals surface area contributed by atoms with Crippen molar-refractivity contribution in [2.24, 2.45) is 0 Å². The Morgan fingerprint density at radius 1 is 1.09 bits per heavy atom. The Hall–Kier alpha value is -3.01. The van der Waals surface area contributed by atoms with Gasteiger partial charge in [0.25, 0.3) is 5.56 Å². The van der Waals surface area contributed by atoms with E-state index in [1.165, 1.54) is 22.2 Å². The number of nitrogens with zero attached hydrogens (tertiary/aromatic N) is 4. The third kappa shape index (κ3) is 4.19. The molecule has 0 radical (unpaired) electrons. The summed E-state index contributed by atoms with van der Waals surface area (Å²) in [6, 6.07) is 11.8.